The molecular weight excluding hydrogens is 396 g/mol. The normalized spacial score (nSPS) is 10.5. The minimum Gasteiger partial charge on any atom is -0.351 e. The number of hydrogen-bond donors (Lipinski definition) is 2. The van der Waals surface area contributed by atoms with E-state index in [0.717, 1.165) is 11.1 Å². The molecule has 1 amide bonds. The van der Waals surface area contributed by atoms with E-state index in [0.29, 0.717) is 13.1 Å². The lowest BCUT2D eigenvalue weighted by atomic mass is 9.91. The van der Waals surface area contributed by atoms with E-state index < -0.39 is 10.8 Å². The van der Waals surface area contributed by atoms with Crippen molar-refractivity contribution >= 4 is 23.2 Å². The number of carbonyl (C=O) groups excluding carboxylic acids is 1. The summed E-state index contributed by atoms with van der Waals surface area (Å²) in [5, 5.41) is 11.7. The van der Waals surface area contributed by atoms with Gasteiger partial charge in [-0.25, -0.2) is 9.97 Å². The number of rotatable bonds is 9. The van der Waals surface area contributed by atoms with Crippen molar-refractivity contribution in [3.8, 4) is 0 Å². The quantitative estimate of drug-likeness (QED) is 0.402. The summed E-state index contributed by atoms with van der Waals surface area (Å²) in [6, 6.07) is 18.6. The van der Waals surface area contributed by atoms with Crippen LogP contribution in [-0.2, 0) is 4.79 Å². The van der Waals surface area contributed by atoms with E-state index in [2.05, 4.69) is 20.8 Å². The van der Waals surface area contributed by atoms with Crippen LogP contribution in [-0.4, -0.2) is 33.9 Å². The van der Waals surface area contributed by atoms with E-state index in [-0.39, 0.29) is 23.2 Å². The fourth-order valence-corrected chi connectivity index (χ4v) is 3.36. The molecule has 0 atom stereocenters. The summed E-state index contributed by atoms with van der Waals surface area (Å²) in [5.74, 6) is -0.840. The van der Waals surface area contributed by atoms with Crippen LogP contribution >= 0.6 is 0 Å². The van der Waals surface area contributed by atoms with Gasteiger partial charge in [0.25, 0.3) is 0 Å². The van der Waals surface area contributed by atoms with Crippen molar-refractivity contribution in [1.29, 1.82) is 0 Å². The highest BCUT2D eigenvalue weighted by atomic mass is 16.6. The standard InChI is InChI=1S/C22H24N6O3/c1-3-27(4-2)21-19(28(30)31)20(23-15-24-21)25-26-22(29)18(16-11-7-5-8-12-16)17-13-9-6-10-14-17/h5-15,18H,3-4H2,1-2H3,(H,26,29)(H,23,24,25). The van der Waals surface area contributed by atoms with Crippen molar-refractivity contribution in [3.05, 3.63) is 88.2 Å². The first-order valence-electron chi connectivity index (χ1n) is 9.96. The summed E-state index contributed by atoms with van der Waals surface area (Å²) in [4.78, 5) is 34.1. The fraction of sp³-hybridized carbons (Fsp3) is 0.227. The summed E-state index contributed by atoms with van der Waals surface area (Å²) >= 11 is 0. The molecule has 0 radical (unpaired) electrons. The zero-order valence-corrected chi connectivity index (χ0v) is 17.4. The van der Waals surface area contributed by atoms with E-state index in [1.54, 1.807) is 4.90 Å². The third kappa shape index (κ3) is 4.95. The number of carbonyl (C=O) groups is 1. The first kappa shape index (κ1) is 21.7. The first-order valence-corrected chi connectivity index (χ1v) is 9.96. The lowest BCUT2D eigenvalue weighted by Gasteiger charge is -2.21. The number of hydrogen-bond acceptors (Lipinski definition) is 7. The van der Waals surface area contributed by atoms with Crippen LogP contribution in [0.25, 0.3) is 0 Å². The number of amides is 1. The SMILES string of the molecule is CCN(CC)c1ncnc(NNC(=O)C(c2ccccc2)c2ccccc2)c1[N+](=O)[O-]. The van der Waals surface area contributed by atoms with Crippen LogP contribution in [0.3, 0.4) is 0 Å². The number of anilines is 2. The van der Waals surface area contributed by atoms with Crippen molar-refractivity contribution in [3.63, 3.8) is 0 Å². The molecule has 0 fully saturated rings. The highest BCUT2D eigenvalue weighted by Gasteiger charge is 2.28. The molecule has 0 bridgehead atoms. The number of nitro groups is 1. The average molecular weight is 420 g/mol. The summed E-state index contributed by atoms with van der Waals surface area (Å²) < 4.78 is 0. The number of nitrogens with zero attached hydrogens (tertiary/aromatic N) is 4. The molecule has 1 heterocycles. The highest BCUT2D eigenvalue weighted by Crippen LogP contribution is 2.31. The minimum absolute atomic E-state index is 0.0740. The maximum absolute atomic E-state index is 13.1. The van der Waals surface area contributed by atoms with Crippen LogP contribution in [0.15, 0.2) is 67.0 Å². The molecule has 3 aromatic rings. The van der Waals surface area contributed by atoms with Crippen LogP contribution in [0.5, 0.6) is 0 Å². The molecule has 31 heavy (non-hydrogen) atoms. The van der Waals surface area contributed by atoms with E-state index in [4.69, 9.17) is 0 Å². The Hall–Kier alpha value is -4.01. The summed E-state index contributed by atoms with van der Waals surface area (Å²) in [7, 11) is 0. The maximum atomic E-state index is 13.1. The van der Waals surface area contributed by atoms with Gasteiger partial charge in [0.2, 0.25) is 17.5 Å². The lowest BCUT2D eigenvalue weighted by molar-refractivity contribution is -0.383. The molecule has 0 aliphatic heterocycles. The zero-order valence-electron chi connectivity index (χ0n) is 17.4. The lowest BCUT2D eigenvalue weighted by Crippen LogP contribution is -2.35. The number of benzene rings is 2. The van der Waals surface area contributed by atoms with Gasteiger partial charge in [-0.1, -0.05) is 60.7 Å². The molecule has 0 aliphatic carbocycles. The smallest absolute Gasteiger partial charge is 0.351 e. The molecule has 0 aliphatic rings. The van der Waals surface area contributed by atoms with Crippen molar-refractivity contribution in [2.45, 2.75) is 19.8 Å². The Morgan fingerprint density at radius 2 is 1.55 bits per heavy atom. The first-order chi connectivity index (χ1) is 15.1. The second kappa shape index (κ2) is 10.1. The van der Waals surface area contributed by atoms with Crippen molar-refractivity contribution in [1.82, 2.24) is 15.4 Å². The van der Waals surface area contributed by atoms with Gasteiger partial charge in [0.05, 0.1) is 10.8 Å². The van der Waals surface area contributed by atoms with E-state index in [9.17, 15) is 14.9 Å². The Morgan fingerprint density at radius 3 is 2.03 bits per heavy atom. The van der Waals surface area contributed by atoms with Gasteiger partial charge in [-0.15, -0.1) is 0 Å². The van der Waals surface area contributed by atoms with Gasteiger partial charge in [0.1, 0.15) is 6.33 Å². The summed E-state index contributed by atoms with van der Waals surface area (Å²) in [6.07, 6.45) is 1.24. The largest absolute Gasteiger partial charge is 0.355 e. The predicted octanol–water partition coefficient (Wildman–Crippen LogP) is 3.51. The monoisotopic (exact) mass is 420 g/mol. The Morgan fingerprint density at radius 1 is 1.00 bits per heavy atom. The van der Waals surface area contributed by atoms with Crippen LogP contribution in [0.2, 0.25) is 0 Å². The van der Waals surface area contributed by atoms with Gasteiger partial charge in [0, 0.05) is 13.1 Å². The Labute approximate surface area is 180 Å². The molecule has 3 rings (SSSR count). The molecule has 0 spiro atoms. The third-order valence-electron chi connectivity index (χ3n) is 4.88. The van der Waals surface area contributed by atoms with Crippen LogP contribution < -0.4 is 15.8 Å². The molecule has 9 nitrogen and oxygen atoms in total. The molecular formula is C22H24N6O3. The van der Waals surface area contributed by atoms with Crippen molar-refractivity contribution in [2.75, 3.05) is 23.4 Å². The predicted molar refractivity (Wildman–Crippen MR) is 119 cm³/mol. The van der Waals surface area contributed by atoms with E-state index >= 15 is 0 Å². The van der Waals surface area contributed by atoms with Gasteiger partial charge in [-0.3, -0.25) is 25.8 Å². The fourth-order valence-electron chi connectivity index (χ4n) is 3.36. The third-order valence-corrected chi connectivity index (χ3v) is 4.88. The van der Waals surface area contributed by atoms with Gasteiger partial charge < -0.3 is 4.90 Å². The van der Waals surface area contributed by atoms with Crippen LogP contribution in [0.1, 0.15) is 30.9 Å². The summed E-state index contributed by atoms with van der Waals surface area (Å²) in [5.41, 5.74) is 6.54. The van der Waals surface area contributed by atoms with Crippen molar-refractivity contribution < 1.29 is 9.72 Å². The van der Waals surface area contributed by atoms with Gasteiger partial charge in [-0.2, -0.15) is 0 Å². The van der Waals surface area contributed by atoms with Crippen LogP contribution in [0.4, 0.5) is 17.3 Å². The van der Waals surface area contributed by atoms with E-state index in [1.807, 2.05) is 74.5 Å². The molecule has 0 saturated heterocycles. The second-order valence-corrected chi connectivity index (χ2v) is 6.69. The zero-order chi connectivity index (χ0) is 22.2. The van der Waals surface area contributed by atoms with E-state index in [1.165, 1.54) is 6.33 Å². The molecule has 2 aromatic carbocycles. The average Bonchev–Trinajstić information content (AvgIpc) is 2.80. The summed E-state index contributed by atoms with van der Waals surface area (Å²) in [6.45, 7) is 4.86. The number of hydrazine groups is 1. The van der Waals surface area contributed by atoms with Gasteiger partial charge in [-0.05, 0) is 25.0 Å². The van der Waals surface area contributed by atoms with Crippen LogP contribution in [0, 0.1) is 10.1 Å². The van der Waals surface area contributed by atoms with Gasteiger partial charge >= 0.3 is 5.69 Å². The molecule has 0 unspecified atom stereocenters. The topological polar surface area (TPSA) is 113 Å². The molecule has 1 aromatic heterocycles. The molecule has 160 valence electrons. The highest BCUT2D eigenvalue weighted by molar-refractivity contribution is 5.88. The number of aromatic nitrogens is 2. The molecule has 2 N–H and O–H groups in total. The maximum Gasteiger partial charge on any atom is 0.355 e. The van der Waals surface area contributed by atoms with Crippen molar-refractivity contribution in [2.24, 2.45) is 0 Å². The van der Waals surface area contributed by atoms with Gasteiger partial charge in [0.15, 0.2) is 0 Å². The minimum atomic E-state index is -0.599. The Kier molecular flexibility index (Phi) is 7.10. The molecule has 9 heteroatoms. The Bertz CT molecular complexity index is 986. The number of nitrogens with one attached hydrogen (secondary N) is 2. The second-order valence-electron chi connectivity index (χ2n) is 6.69. The molecule has 0 saturated carbocycles. The Balaban J connectivity index is 1.89.